The number of benzene rings is 2. The van der Waals surface area contributed by atoms with E-state index in [4.69, 9.17) is 21.1 Å². The zero-order chi connectivity index (χ0) is 29.1. The topological polar surface area (TPSA) is 84.9 Å². The highest BCUT2D eigenvalue weighted by Gasteiger charge is 2.50. The van der Waals surface area contributed by atoms with Gasteiger partial charge in [0.15, 0.2) is 0 Å². The van der Waals surface area contributed by atoms with Gasteiger partial charge < -0.3 is 14.4 Å². The Morgan fingerprint density at radius 1 is 1.07 bits per heavy atom. The maximum Gasteiger partial charge on any atom is 0.264 e. The van der Waals surface area contributed by atoms with Gasteiger partial charge in [-0.25, -0.2) is 13.1 Å². The summed E-state index contributed by atoms with van der Waals surface area (Å²) < 4.78 is 42.1. The second kappa shape index (κ2) is 10.6. The zero-order valence-corrected chi connectivity index (χ0v) is 25.7. The Labute approximate surface area is 253 Å². The number of carbonyl (C=O) groups excluding carboxylic acids is 1. The van der Waals surface area contributed by atoms with Crippen LogP contribution in [0.25, 0.3) is 0 Å². The van der Waals surface area contributed by atoms with Crippen molar-refractivity contribution >= 4 is 33.2 Å². The number of hydrogen-bond donors (Lipinski definition) is 1. The Balaban J connectivity index is 1.31. The zero-order valence-electron chi connectivity index (χ0n) is 24.1. The SMILES string of the molecule is CO[C@H]1/C=C/CCC2(CC2)C(=O)NS(=O)(=O)c2ccc3c(c2)N(C[C@@H]2CC[C@H]21)C[C@@]1(CCCc2cc(Cl)ccc21)CO3. The molecule has 42 heavy (non-hydrogen) atoms. The summed E-state index contributed by atoms with van der Waals surface area (Å²) in [6, 6.07) is 11.3. The monoisotopic (exact) mass is 610 g/mol. The van der Waals surface area contributed by atoms with Crippen molar-refractivity contribution in [3.05, 3.63) is 64.7 Å². The standard InChI is InChI=1S/C33H39ClN2O5S/c1-40-29-6-2-3-13-32(15-16-32)31(37)35-42(38,39)25-9-12-30-28(18-25)36(19-23-7-10-26(23)29)20-33(21-41-30)14-4-5-22-17-24(34)8-11-27(22)33/h2,6,8-9,11-12,17-18,23,26,29H,3-5,7,10,13-16,19-21H2,1H3,(H,35,37)/b6-2+/t23-,26+,29-,33-/m0/s1. The van der Waals surface area contributed by atoms with E-state index in [0.717, 1.165) is 55.8 Å². The normalized spacial score (nSPS) is 32.0. The number of nitrogens with zero attached hydrogens (tertiary/aromatic N) is 1. The Kier molecular flexibility index (Phi) is 7.10. The molecule has 2 heterocycles. The molecule has 2 aromatic carbocycles. The van der Waals surface area contributed by atoms with E-state index in [1.54, 1.807) is 25.3 Å². The first-order valence-corrected chi connectivity index (χ1v) is 17.2. The predicted octanol–water partition coefficient (Wildman–Crippen LogP) is 5.79. The van der Waals surface area contributed by atoms with Gasteiger partial charge in [0.2, 0.25) is 5.91 Å². The molecule has 4 atom stereocenters. The van der Waals surface area contributed by atoms with Gasteiger partial charge in [-0.15, -0.1) is 0 Å². The van der Waals surface area contributed by atoms with E-state index in [0.29, 0.717) is 50.0 Å². The lowest BCUT2D eigenvalue weighted by atomic mass is 9.68. The Morgan fingerprint density at radius 3 is 2.69 bits per heavy atom. The van der Waals surface area contributed by atoms with Crippen LogP contribution in [-0.4, -0.2) is 47.2 Å². The number of carbonyl (C=O) groups is 1. The van der Waals surface area contributed by atoms with Gasteiger partial charge in [0.05, 0.1) is 28.7 Å². The fourth-order valence-corrected chi connectivity index (χ4v) is 9.10. The lowest BCUT2D eigenvalue weighted by molar-refractivity contribution is -0.124. The predicted molar refractivity (Wildman–Crippen MR) is 163 cm³/mol. The molecule has 224 valence electrons. The number of anilines is 1. The van der Waals surface area contributed by atoms with Crippen LogP contribution >= 0.6 is 11.6 Å². The molecule has 2 saturated carbocycles. The summed E-state index contributed by atoms with van der Waals surface area (Å²) in [6.45, 7) is 2.00. The minimum Gasteiger partial charge on any atom is -0.490 e. The summed E-state index contributed by atoms with van der Waals surface area (Å²) in [5, 5.41) is 0.745. The summed E-state index contributed by atoms with van der Waals surface area (Å²) in [7, 11) is -2.27. The summed E-state index contributed by atoms with van der Waals surface area (Å²) in [5.74, 6) is 1.06. The Hall–Kier alpha value is -2.55. The number of fused-ring (bicyclic) bond motifs is 4. The number of aryl methyl sites for hydroxylation is 1. The van der Waals surface area contributed by atoms with Crippen LogP contribution in [0.15, 0.2) is 53.4 Å². The van der Waals surface area contributed by atoms with Crippen molar-refractivity contribution in [3.8, 4) is 5.75 Å². The third kappa shape index (κ3) is 4.93. The number of allylic oxidation sites excluding steroid dienone is 1. The molecule has 0 unspecified atom stereocenters. The highest BCUT2D eigenvalue weighted by Crippen LogP contribution is 2.51. The largest absolute Gasteiger partial charge is 0.490 e. The van der Waals surface area contributed by atoms with Crippen molar-refractivity contribution in [2.24, 2.45) is 17.3 Å². The molecule has 0 aromatic heterocycles. The van der Waals surface area contributed by atoms with Gasteiger partial charge in [0.25, 0.3) is 10.0 Å². The molecule has 2 aromatic rings. The fourth-order valence-electron chi connectivity index (χ4n) is 7.81. The van der Waals surface area contributed by atoms with Gasteiger partial charge in [-0.1, -0.05) is 29.8 Å². The van der Waals surface area contributed by atoms with E-state index in [9.17, 15) is 13.2 Å². The van der Waals surface area contributed by atoms with E-state index in [2.05, 4.69) is 33.9 Å². The van der Waals surface area contributed by atoms with Crippen LogP contribution in [0.2, 0.25) is 5.02 Å². The first kappa shape index (κ1) is 28.2. The van der Waals surface area contributed by atoms with Gasteiger partial charge in [-0.3, -0.25) is 4.79 Å². The molecule has 2 aliphatic heterocycles. The van der Waals surface area contributed by atoms with Gasteiger partial charge in [0.1, 0.15) is 5.75 Å². The number of sulfonamides is 1. The molecule has 7 rings (SSSR count). The number of ether oxygens (including phenoxy) is 2. The second-order valence-corrected chi connectivity index (χ2v) is 15.2. The number of hydrogen-bond acceptors (Lipinski definition) is 6. The molecule has 3 aliphatic carbocycles. The van der Waals surface area contributed by atoms with Gasteiger partial charge in [0, 0.05) is 30.6 Å². The molecule has 9 heteroatoms. The Morgan fingerprint density at radius 2 is 1.93 bits per heavy atom. The van der Waals surface area contributed by atoms with Crippen molar-refractivity contribution in [1.29, 1.82) is 0 Å². The van der Waals surface area contributed by atoms with Gasteiger partial charge in [-0.2, -0.15) is 0 Å². The van der Waals surface area contributed by atoms with Crippen LogP contribution in [0.3, 0.4) is 0 Å². The number of nitrogens with one attached hydrogen (secondary N) is 1. The number of methoxy groups -OCH3 is 1. The number of halogens is 1. The van der Waals surface area contributed by atoms with Crippen LogP contribution < -0.4 is 14.4 Å². The summed E-state index contributed by atoms with van der Waals surface area (Å²) >= 11 is 6.40. The van der Waals surface area contributed by atoms with Crippen molar-refractivity contribution in [2.45, 2.75) is 74.2 Å². The van der Waals surface area contributed by atoms with Gasteiger partial charge >= 0.3 is 0 Å². The average Bonchev–Trinajstić information content (AvgIpc) is 3.77. The molecule has 5 aliphatic rings. The first-order valence-electron chi connectivity index (χ1n) is 15.3. The molecule has 2 bridgehead atoms. The lowest BCUT2D eigenvalue weighted by Gasteiger charge is -2.46. The minimum atomic E-state index is -4.05. The highest BCUT2D eigenvalue weighted by molar-refractivity contribution is 7.90. The maximum atomic E-state index is 13.6. The average molecular weight is 611 g/mol. The summed E-state index contributed by atoms with van der Waals surface area (Å²) in [4.78, 5) is 15.7. The summed E-state index contributed by atoms with van der Waals surface area (Å²) in [5.41, 5.74) is 2.45. The van der Waals surface area contributed by atoms with Crippen LogP contribution in [0.1, 0.15) is 62.5 Å². The Bertz CT molecular complexity index is 1540. The van der Waals surface area contributed by atoms with Crippen LogP contribution in [-0.2, 0) is 31.4 Å². The smallest absolute Gasteiger partial charge is 0.264 e. The molecule has 0 radical (unpaired) electrons. The molecule has 2 fully saturated rings. The van der Waals surface area contributed by atoms with Crippen molar-refractivity contribution < 1.29 is 22.7 Å². The quantitative estimate of drug-likeness (QED) is 0.412. The number of rotatable bonds is 1. The molecular formula is C33H39ClN2O5S. The summed E-state index contributed by atoms with van der Waals surface area (Å²) in [6.07, 6.45) is 12.3. The molecule has 0 saturated heterocycles. The molecule has 7 nitrogen and oxygen atoms in total. The molecular weight excluding hydrogens is 572 g/mol. The number of amides is 1. The van der Waals surface area contributed by atoms with Gasteiger partial charge in [-0.05, 0) is 111 Å². The van der Waals surface area contributed by atoms with E-state index in [1.165, 1.54) is 11.1 Å². The van der Waals surface area contributed by atoms with E-state index >= 15 is 0 Å². The lowest BCUT2D eigenvalue weighted by Crippen LogP contribution is -2.49. The molecule has 1 N–H and O–H groups in total. The van der Waals surface area contributed by atoms with Crippen molar-refractivity contribution in [2.75, 3.05) is 31.7 Å². The minimum absolute atomic E-state index is 0.0153. The maximum absolute atomic E-state index is 13.6. The van der Waals surface area contributed by atoms with Crippen molar-refractivity contribution in [3.63, 3.8) is 0 Å². The molecule has 2 spiro atoms. The van der Waals surface area contributed by atoms with E-state index < -0.39 is 21.3 Å². The third-order valence-corrected chi connectivity index (χ3v) is 12.2. The van der Waals surface area contributed by atoms with Crippen molar-refractivity contribution in [1.82, 2.24) is 4.72 Å². The molecule has 1 amide bonds. The second-order valence-electron chi connectivity index (χ2n) is 13.1. The van der Waals surface area contributed by atoms with E-state index in [-0.39, 0.29) is 16.4 Å². The highest BCUT2D eigenvalue weighted by atomic mass is 35.5. The van der Waals surface area contributed by atoms with Crippen LogP contribution in [0.4, 0.5) is 5.69 Å². The fraction of sp³-hybridized carbons (Fsp3) is 0.545. The first-order chi connectivity index (χ1) is 20.2. The third-order valence-electron chi connectivity index (χ3n) is 10.6. The van der Waals surface area contributed by atoms with Crippen LogP contribution in [0, 0.1) is 17.3 Å². The van der Waals surface area contributed by atoms with Crippen LogP contribution in [0.5, 0.6) is 5.75 Å². The van der Waals surface area contributed by atoms with E-state index in [1.807, 2.05) is 6.07 Å².